The van der Waals surface area contributed by atoms with Gasteiger partial charge >= 0.3 is 0 Å². The molecule has 1 amide bonds. The van der Waals surface area contributed by atoms with Crippen molar-refractivity contribution < 1.29 is 9.53 Å². The van der Waals surface area contributed by atoms with Crippen LogP contribution in [0, 0.1) is 0 Å². The van der Waals surface area contributed by atoms with Crippen molar-refractivity contribution in [2.24, 2.45) is 5.73 Å². The topological polar surface area (TPSA) is 90.1 Å². The van der Waals surface area contributed by atoms with Crippen LogP contribution in [0.3, 0.4) is 0 Å². The van der Waals surface area contributed by atoms with E-state index in [0.29, 0.717) is 19.0 Å². The minimum Gasteiger partial charge on any atom is -0.385 e. The lowest BCUT2D eigenvalue weighted by Crippen LogP contribution is -2.17. The molecule has 0 fully saturated rings. The third-order valence-electron chi connectivity index (χ3n) is 1.84. The lowest BCUT2D eigenvalue weighted by molar-refractivity contribution is 0.100. The number of halogens is 1. The number of nitrogens with two attached hydrogens (primary N) is 1. The van der Waals surface area contributed by atoms with Crippen LogP contribution in [0.2, 0.25) is 5.28 Å². The summed E-state index contributed by atoms with van der Waals surface area (Å²) >= 11 is 5.62. The molecule has 0 saturated carbocycles. The molecule has 6 nitrogen and oxygen atoms in total. The number of carbonyl (C=O) groups excluding carboxylic acids is 1. The molecule has 3 N–H and O–H groups in total. The summed E-state index contributed by atoms with van der Waals surface area (Å²) in [6.07, 6.45) is 2.09. The minimum atomic E-state index is -0.592. The second kappa shape index (κ2) is 6.24. The molecule has 1 rings (SSSR count). The molecular formula is C9H13ClN4O2. The van der Waals surface area contributed by atoms with Gasteiger partial charge < -0.3 is 15.8 Å². The smallest absolute Gasteiger partial charge is 0.254 e. The maximum absolute atomic E-state index is 11.1. The third-order valence-corrected chi connectivity index (χ3v) is 2.02. The highest BCUT2D eigenvalue weighted by molar-refractivity contribution is 6.28. The number of aromatic nitrogens is 2. The zero-order chi connectivity index (χ0) is 12.0. The minimum absolute atomic E-state index is 0.0687. The Kier molecular flexibility index (Phi) is 4.94. The number of nitrogens with one attached hydrogen (secondary N) is 1. The summed E-state index contributed by atoms with van der Waals surface area (Å²) in [5.74, 6) is -0.241. The number of primary amides is 1. The molecule has 0 radical (unpaired) electrons. The Morgan fingerprint density at radius 3 is 3.06 bits per heavy atom. The largest absolute Gasteiger partial charge is 0.385 e. The highest BCUT2D eigenvalue weighted by Gasteiger charge is 2.10. The number of methoxy groups -OCH3 is 1. The van der Waals surface area contributed by atoms with Crippen LogP contribution < -0.4 is 11.1 Å². The summed E-state index contributed by atoms with van der Waals surface area (Å²) < 4.78 is 4.89. The summed E-state index contributed by atoms with van der Waals surface area (Å²) in [7, 11) is 1.62. The number of amides is 1. The van der Waals surface area contributed by atoms with E-state index < -0.39 is 5.91 Å². The van der Waals surface area contributed by atoms with E-state index in [2.05, 4.69) is 15.3 Å². The summed E-state index contributed by atoms with van der Waals surface area (Å²) in [4.78, 5) is 18.6. The lowest BCUT2D eigenvalue weighted by atomic mass is 10.3. The van der Waals surface area contributed by atoms with Gasteiger partial charge in [-0.3, -0.25) is 4.79 Å². The average molecular weight is 245 g/mol. The first-order valence-corrected chi connectivity index (χ1v) is 5.08. The van der Waals surface area contributed by atoms with Gasteiger partial charge in [0.2, 0.25) is 5.28 Å². The Hall–Kier alpha value is -1.40. The van der Waals surface area contributed by atoms with Crippen LogP contribution in [0.4, 0.5) is 5.82 Å². The molecule has 1 heterocycles. The number of ether oxygens (including phenoxy) is 1. The van der Waals surface area contributed by atoms with Crippen molar-refractivity contribution in [3.8, 4) is 0 Å². The fourth-order valence-corrected chi connectivity index (χ4v) is 1.23. The highest BCUT2D eigenvalue weighted by atomic mass is 35.5. The molecule has 0 bridgehead atoms. The molecule has 0 spiro atoms. The van der Waals surface area contributed by atoms with Gasteiger partial charge in [0.15, 0.2) is 0 Å². The predicted octanol–water partition coefficient (Wildman–Crippen LogP) is 0.677. The van der Waals surface area contributed by atoms with Crippen LogP contribution in [0.15, 0.2) is 6.20 Å². The molecular weight excluding hydrogens is 232 g/mol. The van der Waals surface area contributed by atoms with Crippen LogP contribution in [0.1, 0.15) is 16.8 Å². The molecule has 0 aromatic carbocycles. The van der Waals surface area contributed by atoms with Gasteiger partial charge in [0.1, 0.15) is 5.82 Å². The predicted molar refractivity (Wildman–Crippen MR) is 60.5 cm³/mol. The van der Waals surface area contributed by atoms with Gasteiger partial charge in [-0.25, -0.2) is 4.98 Å². The Labute approximate surface area is 98.2 Å². The summed E-state index contributed by atoms with van der Waals surface area (Å²) in [5.41, 5.74) is 5.39. The molecule has 88 valence electrons. The standard InChI is InChI=1S/C9H13ClN4O2/c1-16-4-2-3-12-8-6(7(11)15)5-13-9(10)14-8/h5H,2-4H2,1H3,(H2,11,15)(H,12,13,14). The van der Waals surface area contributed by atoms with E-state index >= 15 is 0 Å². The van der Waals surface area contributed by atoms with Crippen molar-refractivity contribution in [3.63, 3.8) is 0 Å². The van der Waals surface area contributed by atoms with Crippen molar-refractivity contribution >= 4 is 23.3 Å². The van der Waals surface area contributed by atoms with Crippen LogP contribution in [-0.4, -0.2) is 36.1 Å². The van der Waals surface area contributed by atoms with E-state index in [-0.39, 0.29) is 10.8 Å². The van der Waals surface area contributed by atoms with Gasteiger partial charge in [-0.05, 0) is 18.0 Å². The number of nitrogens with zero attached hydrogens (tertiary/aromatic N) is 2. The first-order valence-electron chi connectivity index (χ1n) is 4.70. The molecule has 16 heavy (non-hydrogen) atoms. The monoisotopic (exact) mass is 244 g/mol. The van der Waals surface area contributed by atoms with Crippen LogP contribution in [-0.2, 0) is 4.74 Å². The van der Waals surface area contributed by atoms with E-state index in [4.69, 9.17) is 22.1 Å². The second-order valence-electron chi connectivity index (χ2n) is 3.04. The van der Waals surface area contributed by atoms with Crippen molar-refractivity contribution in [1.29, 1.82) is 0 Å². The van der Waals surface area contributed by atoms with E-state index in [0.717, 1.165) is 6.42 Å². The summed E-state index contributed by atoms with van der Waals surface area (Å²) in [6.45, 7) is 1.24. The summed E-state index contributed by atoms with van der Waals surface area (Å²) in [5, 5.41) is 3.02. The third kappa shape index (κ3) is 3.63. The molecule has 0 saturated heterocycles. The normalized spacial score (nSPS) is 10.1. The fraction of sp³-hybridized carbons (Fsp3) is 0.444. The molecule has 0 aliphatic rings. The zero-order valence-corrected chi connectivity index (χ0v) is 9.62. The van der Waals surface area contributed by atoms with Crippen molar-refractivity contribution in [2.45, 2.75) is 6.42 Å². The van der Waals surface area contributed by atoms with Gasteiger partial charge in [-0.15, -0.1) is 0 Å². The Balaban J connectivity index is 2.68. The van der Waals surface area contributed by atoms with Gasteiger partial charge in [-0.1, -0.05) is 0 Å². The number of hydrogen-bond acceptors (Lipinski definition) is 5. The Bertz CT molecular complexity index is 373. The number of hydrogen-bond donors (Lipinski definition) is 2. The summed E-state index contributed by atoms with van der Waals surface area (Å²) in [6, 6.07) is 0. The van der Waals surface area contributed by atoms with Crippen molar-refractivity contribution in [2.75, 3.05) is 25.6 Å². The first kappa shape index (κ1) is 12.7. The number of anilines is 1. The van der Waals surface area contributed by atoms with E-state index in [1.165, 1.54) is 6.20 Å². The van der Waals surface area contributed by atoms with Crippen LogP contribution in [0.25, 0.3) is 0 Å². The first-order chi connectivity index (χ1) is 7.65. The van der Waals surface area contributed by atoms with Gasteiger partial charge in [0.25, 0.3) is 5.91 Å². The molecule has 0 atom stereocenters. The zero-order valence-electron chi connectivity index (χ0n) is 8.86. The van der Waals surface area contributed by atoms with Gasteiger partial charge in [0.05, 0.1) is 5.56 Å². The average Bonchev–Trinajstić information content (AvgIpc) is 2.24. The van der Waals surface area contributed by atoms with E-state index in [9.17, 15) is 4.79 Å². The molecule has 1 aromatic heterocycles. The van der Waals surface area contributed by atoms with Gasteiger partial charge in [-0.2, -0.15) is 4.98 Å². The van der Waals surface area contributed by atoms with Crippen molar-refractivity contribution in [1.82, 2.24) is 9.97 Å². The maximum Gasteiger partial charge on any atom is 0.254 e. The van der Waals surface area contributed by atoms with Crippen LogP contribution >= 0.6 is 11.6 Å². The molecule has 0 aliphatic heterocycles. The quantitative estimate of drug-likeness (QED) is 0.567. The second-order valence-corrected chi connectivity index (χ2v) is 3.38. The molecule has 0 aliphatic carbocycles. The maximum atomic E-state index is 11.1. The lowest BCUT2D eigenvalue weighted by Gasteiger charge is -2.08. The SMILES string of the molecule is COCCCNc1nc(Cl)ncc1C(N)=O. The number of carbonyl (C=O) groups is 1. The molecule has 7 heteroatoms. The Morgan fingerprint density at radius 2 is 2.44 bits per heavy atom. The fourth-order valence-electron chi connectivity index (χ4n) is 1.10. The van der Waals surface area contributed by atoms with E-state index in [1.807, 2.05) is 0 Å². The molecule has 0 unspecified atom stereocenters. The Morgan fingerprint density at radius 1 is 1.69 bits per heavy atom. The number of rotatable bonds is 6. The van der Waals surface area contributed by atoms with E-state index in [1.54, 1.807) is 7.11 Å². The molecule has 1 aromatic rings. The van der Waals surface area contributed by atoms with Crippen molar-refractivity contribution in [3.05, 3.63) is 17.0 Å². The highest BCUT2D eigenvalue weighted by Crippen LogP contribution is 2.13. The van der Waals surface area contributed by atoms with Gasteiger partial charge in [0, 0.05) is 26.5 Å². The van der Waals surface area contributed by atoms with Crippen LogP contribution in [0.5, 0.6) is 0 Å².